The van der Waals surface area contributed by atoms with Crippen molar-refractivity contribution in [2.45, 2.75) is 19.5 Å². The normalized spacial score (nSPS) is 12.3. The number of aryl methyl sites for hydroxylation is 1. The van der Waals surface area contributed by atoms with E-state index in [2.05, 4.69) is 15.9 Å². The predicted octanol–water partition coefficient (Wildman–Crippen LogP) is 4.61. The minimum Gasteiger partial charge on any atom is -0.460 e. The van der Waals surface area contributed by atoms with Crippen LogP contribution in [-0.2, 0) is 6.42 Å². The van der Waals surface area contributed by atoms with Crippen LogP contribution in [0.2, 0.25) is 0 Å². The number of hydrogen-bond donors (Lipinski definition) is 0. The second-order valence-electron chi connectivity index (χ2n) is 3.55. The summed E-state index contributed by atoms with van der Waals surface area (Å²) in [6.07, 6.45) is -5.17. The molecule has 0 fully saturated rings. The van der Waals surface area contributed by atoms with E-state index in [0.29, 0.717) is 21.2 Å². The third kappa shape index (κ3) is 2.09. The number of benzene rings is 1. The van der Waals surface area contributed by atoms with E-state index in [4.69, 9.17) is 4.42 Å². The van der Waals surface area contributed by atoms with Crippen LogP contribution in [-0.4, -0.2) is 6.18 Å². The van der Waals surface area contributed by atoms with Crippen LogP contribution in [0.15, 0.2) is 27.1 Å². The summed E-state index contributed by atoms with van der Waals surface area (Å²) in [6.45, 7) is 1.55. The summed E-state index contributed by atoms with van der Waals surface area (Å²) in [7, 11) is 0. The molecule has 0 amide bonds. The maximum atomic E-state index is 12.4. The first-order chi connectivity index (χ1) is 7.38. The van der Waals surface area contributed by atoms with E-state index in [1.807, 2.05) is 0 Å². The average molecular weight is 293 g/mol. The first-order valence-electron chi connectivity index (χ1n) is 4.62. The SMILES string of the molecule is Cc1oc2c(Br)cccc2c1CC(F)(F)F. The van der Waals surface area contributed by atoms with Gasteiger partial charge in [-0.15, -0.1) is 0 Å². The Labute approximate surface area is 98.4 Å². The fourth-order valence-electron chi connectivity index (χ4n) is 1.67. The van der Waals surface area contributed by atoms with Crippen molar-refractivity contribution >= 4 is 26.9 Å². The number of para-hydroxylation sites is 1. The molecule has 0 aliphatic carbocycles. The monoisotopic (exact) mass is 292 g/mol. The van der Waals surface area contributed by atoms with Crippen molar-refractivity contribution in [2.75, 3.05) is 0 Å². The summed E-state index contributed by atoms with van der Waals surface area (Å²) in [5, 5.41) is 0.518. The largest absolute Gasteiger partial charge is 0.460 e. The van der Waals surface area contributed by atoms with Crippen molar-refractivity contribution in [1.29, 1.82) is 0 Å². The van der Waals surface area contributed by atoms with Crippen LogP contribution in [0.3, 0.4) is 0 Å². The molecule has 0 saturated heterocycles. The summed E-state index contributed by atoms with van der Waals surface area (Å²) in [6, 6.07) is 5.07. The minimum absolute atomic E-state index is 0.212. The highest BCUT2D eigenvalue weighted by Gasteiger charge is 2.31. The quantitative estimate of drug-likeness (QED) is 0.748. The topological polar surface area (TPSA) is 13.1 Å². The van der Waals surface area contributed by atoms with Gasteiger partial charge in [-0.05, 0) is 28.9 Å². The average Bonchev–Trinajstić information content (AvgIpc) is 2.44. The molecule has 0 spiro atoms. The van der Waals surface area contributed by atoms with Crippen LogP contribution in [0.25, 0.3) is 11.0 Å². The van der Waals surface area contributed by atoms with E-state index < -0.39 is 12.6 Å². The van der Waals surface area contributed by atoms with Gasteiger partial charge >= 0.3 is 6.18 Å². The van der Waals surface area contributed by atoms with Gasteiger partial charge in [0.05, 0.1) is 10.9 Å². The fourth-order valence-corrected chi connectivity index (χ4v) is 2.12. The fraction of sp³-hybridized carbons (Fsp3) is 0.273. The Morgan fingerprint density at radius 1 is 1.31 bits per heavy atom. The van der Waals surface area contributed by atoms with Gasteiger partial charge in [0.1, 0.15) is 11.3 Å². The van der Waals surface area contributed by atoms with E-state index in [9.17, 15) is 13.2 Å². The molecule has 2 aromatic rings. The van der Waals surface area contributed by atoms with Gasteiger partial charge in [0, 0.05) is 10.9 Å². The van der Waals surface area contributed by atoms with Gasteiger partial charge in [0.2, 0.25) is 0 Å². The molecule has 0 unspecified atom stereocenters. The number of alkyl halides is 3. The Bertz CT molecular complexity index is 528. The molecular weight excluding hydrogens is 285 g/mol. The summed E-state index contributed by atoms with van der Waals surface area (Å²) < 4.78 is 43.1. The Kier molecular flexibility index (Phi) is 2.74. The highest BCUT2D eigenvalue weighted by atomic mass is 79.9. The third-order valence-corrected chi connectivity index (χ3v) is 2.97. The molecule has 1 aromatic heterocycles. The lowest BCUT2D eigenvalue weighted by Crippen LogP contribution is -2.11. The summed E-state index contributed by atoms with van der Waals surface area (Å²) >= 11 is 3.25. The molecular formula is C11H8BrF3O. The van der Waals surface area contributed by atoms with Crippen molar-refractivity contribution in [3.05, 3.63) is 34.0 Å². The van der Waals surface area contributed by atoms with Crippen molar-refractivity contribution in [2.24, 2.45) is 0 Å². The first kappa shape index (κ1) is 11.5. The summed E-state index contributed by atoms with van der Waals surface area (Å²) in [5.41, 5.74) is 0.683. The lowest BCUT2D eigenvalue weighted by Gasteiger charge is -2.05. The number of rotatable bonds is 1. The number of furan rings is 1. The molecule has 0 radical (unpaired) electrons. The van der Waals surface area contributed by atoms with E-state index in [0.717, 1.165) is 0 Å². The van der Waals surface area contributed by atoms with Gasteiger partial charge in [-0.2, -0.15) is 13.2 Å². The summed E-state index contributed by atoms with van der Waals surface area (Å²) in [5.74, 6) is 0.319. The molecule has 0 aliphatic heterocycles. The Hall–Kier alpha value is -0.970. The number of hydrogen-bond acceptors (Lipinski definition) is 1. The van der Waals surface area contributed by atoms with Gasteiger partial charge in [0.15, 0.2) is 0 Å². The smallest absolute Gasteiger partial charge is 0.393 e. The van der Waals surface area contributed by atoms with Crippen molar-refractivity contribution in [3.63, 3.8) is 0 Å². The van der Waals surface area contributed by atoms with Crippen LogP contribution in [0.5, 0.6) is 0 Å². The highest BCUT2D eigenvalue weighted by Crippen LogP contribution is 2.34. The van der Waals surface area contributed by atoms with E-state index in [1.54, 1.807) is 25.1 Å². The van der Waals surface area contributed by atoms with Crippen LogP contribution >= 0.6 is 15.9 Å². The van der Waals surface area contributed by atoms with E-state index in [-0.39, 0.29) is 5.56 Å². The van der Waals surface area contributed by atoms with Gasteiger partial charge in [-0.1, -0.05) is 12.1 Å². The predicted molar refractivity (Wildman–Crippen MR) is 58.4 cm³/mol. The van der Waals surface area contributed by atoms with Crippen LogP contribution in [0, 0.1) is 6.92 Å². The number of fused-ring (bicyclic) bond motifs is 1. The standard InChI is InChI=1S/C11H8BrF3O/c1-6-8(5-11(13,14)15)7-3-2-4-9(12)10(7)16-6/h2-4H,5H2,1H3. The third-order valence-electron chi connectivity index (χ3n) is 2.35. The van der Waals surface area contributed by atoms with Crippen molar-refractivity contribution in [1.82, 2.24) is 0 Å². The van der Waals surface area contributed by atoms with Gasteiger partial charge < -0.3 is 4.42 Å². The van der Waals surface area contributed by atoms with Gasteiger partial charge in [-0.25, -0.2) is 0 Å². The Balaban J connectivity index is 2.61. The maximum absolute atomic E-state index is 12.4. The zero-order valence-electron chi connectivity index (χ0n) is 8.36. The van der Waals surface area contributed by atoms with Crippen LogP contribution < -0.4 is 0 Å². The van der Waals surface area contributed by atoms with Gasteiger partial charge in [0.25, 0.3) is 0 Å². The first-order valence-corrected chi connectivity index (χ1v) is 5.41. The zero-order chi connectivity index (χ0) is 11.9. The Morgan fingerprint density at radius 3 is 2.62 bits per heavy atom. The summed E-state index contributed by atoms with van der Waals surface area (Å²) in [4.78, 5) is 0. The second kappa shape index (κ2) is 3.80. The van der Waals surface area contributed by atoms with Gasteiger partial charge in [-0.3, -0.25) is 0 Å². The molecule has 16 heavy (non-hydrogen) atoms. The molecule has 86 valence electrons. The molecule has 1 aromatic carbocycles. The molecule has 0 saturated carbocycles. The van der Waals surface area contributed by atoms with E-state index >= 15 is 0 Å². The van der Waals surface area contributed by atoms with E-state index in [1.165, 1.54) is 0 Å². The maximum Gasteiger partial charge on any atom is 0.393 e. The zero-order valence-corrected chi connectivity index (χ0v) is 9.95. The molecule has 1 nitrogen and oxygen atoms in total. The lowest BCUT2D eigenvalue weighted by molar-refractivity contribution is -0.127. The number of halogens is 4. The van der Waals surface area contributed by atoms with Crippen molar-refractivity contribution in [3.8, 4) is 0 Å². The lowest BCUT2D eigenvalue weighted by atomic mass is 10.1. The molecule has 0 N–H and O–H groups in total. The highest BCUT2D eigenvalue weighted by molar-refractivity contribution is 9.10. The minimum atomic E-state index is -4.22. The molecule has 5 heteroatoms. The molecule has 0 atom stereocenters. The Morgan fingerprint density at radius 2 is 2.00 bits per heavy atom. The van der Waals surface area contributed by atoms with Crippen LogP contribution in [0.1, 0.15) is 11.3 Å². The molecule has 2 rings (SSSR count). The van der Waals surface area contributed by atoms with Crippen molar-refractivity contribution < 1.29 is 17.6 Å². The molecule has 0 aliphatic rings. The molecule has 0 bridgehead atoms. The molecule has 1 heterocycles. The van der Waals surface area contributed by atoms with Crippen LogP contribution in [0.4, 0.5) is 13.2 Å². The second-order valence-corrected chi connectivity index (χ2v) is 4.40.